The van der Waals surface area contributed by atoms with E-state index in [9.17, 15) is 18.4 Å². The fourth-order valence-corrected chi connectivity index (χ4v) is 6.07. The first-order valence-electron chi connectivity index (χ1n) is 10.2. The van der Waals surface area contributed by atoms with Crippen molar-refractivity contribution in [3.63, 3.8) is 0 Å². The van der Waals surface area contributed by atoms with E-state index >= 15 is 4.39 Å². The Bertz CT molecular complexity index is 1320. The highest BCUT2D eigenvalue weighted by Gasteiger charge is 2.45. The maximum atomic E-state index is 15.7. The summed E-state index contributed by atoms with van der Waals surface area (Å²) >= 11 is 1.24. The maximum absolute atomic E-state index is 15.7. The van der Waals surface area contributed by atoms with Crippen molar-refractivity contribution in [2.24, 2.45) is 5.73 Å². The molecule has 1 fully saturated rings. The average Bonchev–Trinajstić information content (AvgIpc) is 3.45. The molecule has 0 spiro atoms. The van der Waals surface area contributed by atoms with Crippen molar-refractivity contribution >= 4 is 22.7 Å². The monoisotopic (exact) mass is 453 g/mol. The molecule has 0 amide bonds. The van der Waals surface area contributed by atoms with E-state index in [0.717, 1.165) is 12.8 Å². The van der Waals surface area contributed by atoms with Crippen LogP contribution in [-0.2, 0) is 11.2 Å². The van der Waals surface area contributed by atoms with E-state index in [4.69, 9.17) is 10.5 Å². The van der Waals surface area contributed by atoms with Crippen LogP contribution in [0.15, 0.2) is 15.7 Å². The van der Waals surface area contributed by atoms with Gasteiger partial charge in [-0.2, -0.15) is 0 Å². The fourth-order valence-electron chi connectivity index (χ4n) is 4.74. The Morgan fingerprint density at radius 1 is 1.32 bits per heavy atom. The number of nitrogens with two attached hydrogens (primary N) is 1. The number of aryl methyl sites for hydroxylation is 1. The number of alkyl halides is 3. The minimum atomic E-state index is -3.02. The molecule has 2 aromatic rings. The van der Waals surface area contributed by atoms with E-state index in [0.29, 0.717) is 15.3 Å². The highest BCUT2D eigenvalue weighted by molar-refractivity contribution is 7.12. The Kier molecular flexibility index (Phi) is 4.53. The second-order valence-corrected chi connectivity index (χ2v) is 9.65. The molecule has 0 bridgehead atoms. The number of thiophene rings is 1. The number of hydrogen-bond donors (Lipinski definition) is 2. The summed E-state index contributed by atoms with van der Waals surface area (Å²) < 4.78 is 51.1. The minimum Gasteiger partial charge on any atom is -0.498 e. The van der Waals surface area contributed by atoms with Gasteiger partial charge in [0.15, 0.2) is 0 Å². The zero-order valence-corrected chi connectivity index (χ0v) is 17.8. The number of nitrogens with one attached hydrogen (secondary N) is 1. The number of methoxy groups -OCH3 is 1. The molecule has 0 saturated heterocycles. The van der Waals surface area contributed by atoms with E-state index in [1.807, 2.05) is 0 Å². The van der Waals surface area contributed by atoms with E-state index in [1.54, 1.807) is 6.07 Å². The highest BCUT2D eigenvalue weighted by atomic mass is 32.1. The lowest BCUT2D eigenvalue weighted by atomic mass is 9.86. The smallest absolute Gasteiger partial charge is 0.329 e. The Hall–Kier alpha value is -2.33. The van der Waals surface area contributed by atoms with Gasteiger partial charge in [0.25, 0.3) is 11.5 Å². The SMILES string of the molecule is COC1=c2c(c(=O)[nH]c(=O)n2C2CC2)=C(C)C(F)C1c1cc2c(s1)CCC(F)(F)C2N. The third-order valence-corrected chi connectivity index (χ3v) is 7.83. The van der Waals surface area contributed by atoms with Gasteiger partial charge in [-0.3, -0.25) is 14.3 Å². The number of aromatic nitrogens is 2. The second kappa shape index (κ2) is 6.83. The predicted molar refractivity (Wildman–Crippen MR) is 110 cm³/mol. The molecule has 3 unspecified atom stereocenters. The van der Waals surface area contributed by atoms with Crippen molar-refractivity contribution in [3.8, 4) is 0 Å². The molecule has 0 aromatic carbocycles. The summed E-state index contributed by atoms with van der Waals surface area (Å²) in [5, 5.41) is 0.396. The molecule has 31 heavy (non-hydrogen) atoms. The van der Waals surface area contributed by atoms with Crippen LogP contribution in [0, 0.1) is 0 Å². The summed E-state index contributed by atoms with van der Waals surface area (Å²) in [7, 11) is 1.37. The Morgan fingerprint density at radius 2 is 2.03 bits per heavy atom. The van der Waals surface area contributed by atoms with Crippen molar-refractivity contribution in [2.75, 3.05) is 7.11 Å². The van der Waals surface area contributed by atoms with Gasteiger partial charge in [0.2, 0.25) is 0 Å². The van der Waals surface area contributed by atoms with Crippen LogP contribution in [0.25, 0.3) is 11.3 Å². The summed E-state index contributed by atoms with van der Waals surface area (Å²) in [5.41, 5.74) is 5.12. The second-order valence-electron chi connectivity index (χ2n) is 8.48. The van der Waals surface area contributed by atoms with Gasteiger partial charge in [-0.15, -0.1) is 11.3 Å². The molecule has 0 radical (unpaired) electrons. The molecular formula is C21H22F3N3O3S. The van der Waals surface area contributed by atoms with Gasteiger partial charge in [0.1, 0.15) is 11.9 Å². The topological polar surface area (TPSA) is 90.1 Å². The van der Waals surface area contributed by atoms with Gasteiger partial charge in [-0.25, -0.2) is 18.0 Å². The summed E-state index contributed by atoms with van der Waals surface area (Å²) in [4.78, 5) is 28.7. The number of ether oxygens (including phenoxy) is 1. The van der Waals surface area contributed by atoms with Crippen molar-refractivity contribution in [2.45, 2.75) is 62.7 Å². The van der Waals surface area contributed by atoms with Crippen molar-refractivity contribution in [1.82, 2.24) is 9.55 Å². The van der Waals surface area contributed by atoms with Crippen molar-refractivity contribution in [1.29, 1.82) is 0 Å². The molecule has 10 heteroatoms. The highest BCUT2D eigenvalue weighted by Crippen LogP contribution is 2.47. The van der Waals surface area contributed by atoms with Gasteiger partial charge in [0.05, 0.1) is 29.6 Å². The maximum Gasteiger partial charge on any atom is 0.329 e. The number of hydrogen-bond acceptors (Lipinski definition) is 5. The third-order valence-electron chi connectivity index (χ3n) is 6.54. The number of H-pyrrole nitrogens is 1. The molecule has 5 rings (SSSR count). The Balaban J connectivity index is 1.79. The summed E-state index contributed by atoms with van der Waals surface area (Å²) in [5.74, 6) is -3.79. The van der Waals surface area contributed by atoms with Gasteiger partial charge in [-0.1, -0.05) is 0 Å². The van der Waals surface area contributed by atoms with E-state index in [2.05, 4.69) is 4.98 Å². The number of halogens is 3. The molecule has 3 atom stereocenters. The van der Waals surface area contributed by atoms with E-state index < -0.39 is 35.3 Å². The van der Waals surface area contributed by atoms with Gasteiger partial charge < -0.3 is 10.5 Å². The lowest BCUT2D eigenvalue weighted by molar-refractivity contribution is -0.0392. The Morgan fingerprint density at radius 3 is 2.68 bits per heavy atom. The normalized spacial score (nSPS) is 27.1. The fraction of sp³-hybridized carbons (Fsp3) is 0.524. The van der Waals surface area contributed by atoms with Crippen LogP contribution < -0.4 is 27.6 Å². The molecule has 2 aromatic heterocycles. The molecule has 166 valence electrons. The number of nitrogens with zero attached hydrogens (tertiary/aromatic N) is 1. The molecule has 6 nitrogen and oxygen atoms in total. The zero-order valence-electron chi connectivity index (χ0n) is 17.0. The quantitative estimate of drug-likeness (QED) is 0.739. The van der Waals surface area contributed by atoms with Crippen LogP contribution in [0.3, 0.4) is 0 Å². The number of aromatic amines is 1. The standard InChI is InChI=1S/C21H22F3N3O3S/c1-8-13-16(27(9-3-4-9)20(29)26-19(13)28)17(30-2)14(15(8)22)12-7-10-11(31-12)5-6-21(23,24)18(10)25/h7,9,14-15,18H,3-6,25H2,1-2H3,(H,26,28,29). The van der Waals surface area contributed by atoms with Crippen LogP contribution in [0.1, 0.15) is 59.5 Å². The molecule has 0 aliphatic heterocycles. The zero-order chi connectivity index (χ0) is 22.2. The molecular weight excluding hydrogens is 431 g/mol. The van der Waals surface area contributed by atoms with Crippen LogP contribution in [0.4, 0.5) is 13.2 Å². The van der Waals surface area contributed by atoms with Crippen molar-refractivity contribution < 1.29 is 17.9 Å². The van der Waals surface area contributed by atoms with Crippen LogP contribution >= 0.6 is 11.3 Å². The minimum absolute atomic E-state index is 0.0866. The average molecular weight is 453 g/mol. The molecule has 3 aliphatic carbocycles. The largest absolute Gasteiger partial charge is 0.498 e. The van der Waals surface area contributed by atoms with Crippen LogP contribution in [-0.4, -0.2) is 28.8 Å². The van der Waals surface area contributed by atoms with Gasteiger partial charge >= 0.3 is 5.69 Å². The van der Waals surface area contributed by atoms with Crippen LogP contribution in [0.2, 0.25) is 0 Å². The Labute approximate surface area is 178 Å². The first-order valence-corrected chi connectivity index (χ1v) is 11.0. The summed E-state index contributed by atoms with van der Waals surface area (Å²) in [6.45, 7) is 1.52. The molecule has 3 aliphatic rings. The van der Waals surface area contributed by atoms with Crippen molar-refractivity contribution in [3.05, 3.63) is 52.8 Å². The molecule has 2 heterocycles. The lowest BCUT2D eigenvalue weighted by Crippen LogP contribution is -2.58. The molecule has 3 N–H and O–H groups in total. The van der Waals surface area contributed by atoms with Crippen LogP contribution in [0.5, 0.6) is 0 Å². The first kappa shape index (κ1) is 20.6. The number of fused-ring (bicyclic) bond motifs is 2. The van der Waals surface area contributed by atoms with Gasteiger partial charge in [-0.05, 0) is 43.4 Å². The van der Waals surface area contributed by atoms with E-state index in [1.165, 1.54) is 29.9 Å². The summed E-state index contributed by atoms with van der Waals surface area (Å²) in [6, 6.07) is 0.00853. The number of rotatable bonds is 3. The third kappa shape index (κ3) is 2.95. The molecule has 1 saturated carbocycles. The van der Waals surface area contributed by atoms with Gasteiger partial charge in [0, 0.05) is 22.2 Å². The lowest BCUT2D eigenvalue weighted by Gasteiger charge is -2.28. The predicted octanol–water partition coefficient (Wildman–Crippen LogP) is 1.57. The van der Waals surface area contributed by atoms with E-state index in [-0.39, 0.29) is 40.8 Å². The first-order chi connectivity index (χ1) is 14.7. The summed E-state index contributed by atoms with van der Waals surface area (Å²) in [6.07, 6.45) is -0.245.